The normalized spacial score (nSPS) is 13.8. The number of hydrogen-bond donors (Lipinski definition) is 3. The van der Waals surface area contributed by atoms with Gasteiger partial charge in [-0.25, -0.2) is 4.79 Å². The maximum absolute atomic E-state index is 12.1. The number of aliphatic hydroxyl groups is 1. The third-order valence-corrected chi connectivity index (χ3v) is 3.61. The van der Waals surface area contributed by atoms with Crippen molar-refractivity contribution >= 4 is 6.09 Å². The fraction of sp³-hybridized carbons (Fsp3) is 0.600. The van der Waals surface area contributed by atoms with Gasteiger partial charge in [0.25, 0.3) is 0 Å². The van der Waals surface area contributed by atoms with Gasteiger partial charge in [-0.3, -0.25) is 0 Å². The third-order valence-electron chi connectivity index (χ3n) is 3.61. The lowest BCUT2D eigenvalue weighted by Gasteiger charge is -2.27. The maximum Gasteiger partial charge on any atom is 0.407 e. The summed E-state index contributed by atoms with van der Waals surface area (Å²) in [5, 5.41) is 25.4. The van der Waals surface area contributed by atoms with Gasteiger partial charge in [-0.1, -0.05) is 26.0 Å². The van der Waals surface area contributed by atoms with Crippen molar-refractivity contribution in [3.8, 4) is 6.07 Å². The number of carbonyl (C=O) groups is 1. The van der Waals surface area contributed by atoms with Crippen LogP contribution in [0, 0.1) is 17.2 Å². The van der Waals surface area contributed by atoms with Crippen LogP contribution >= 0.6 is 0 Å². The largest absolute Gasteiger partial charge is 0.444 e. The lowest BCUT2D eigenvalue weighted by Crippen LogP contribution is -2.50. The van der Waals surface area contributed by atoms with Crippen LogP contribution in [0.15, 0.2) is 24.3 Å². The molecule has 1 unspecified atom stereocenters. The van der Waals surface area contributed by atoms with Crippen LogP contribution in [-0.4, -0.2) is 42.0 Å². The van der Waals surface area contributed by atoms with Crippen LogP contribution in [0.5, 0.6) is 0 Å². The molecule has 6 heteroatoms. The van der Waals surface area contributed by atoms with Crippen LogP contribution in [0.2, 0.25) is 0 Å². The molecule has 1 rings (SSSR count). The Kier molecular flexibility index (Phi) is 8.56. The van der Waals surface area contributed by atoms with Crippen molar-refractivity contribution in [2.75, 3.05) is 13.1 Å². The van der Waals surface area contributed by atoms with E-state index in [2.05, 4.69) is 30.6 Å². The van der Waals surface area contributed by atoms with Gasteiger partial charge in [0.15, 0.2) is 0 Å². The lowest BCUT2D eigenvalue weighted by molar-refractivity contribution is 0.0422. The summed E-state index contributed by atoms with van der Waals surface area (Å²) >= 11 is 0. The molecule has 3 N–H and O–H groups in total. The van der Waals surface area contributed by atoms with E-state index in [9.17, 15) is 9.90 Å². The lowest BCUT2D eigenvalue weighted by atomic mass is 10.00. The molecule has 0 bridgehead atoms. The fourth-order valence-electron chi connectivity index (χ4n) is 2.37. The Morgan fingerprint density at radius 1 is 1.23 bits per heavy atom. The van der Waals surface area contributed by atoms with Gasteiger partial charge in [-0.2, -0.15) is 5.26 Å². The highest BCUT2D eigenvalue weighted by Crippen LogP contribution is 2.11. The van der Waals surface area contributed by atoms with Crippen molar-refractivity contribution in [2.24, 2.45) is 5.92 Å². The van der Waals surface area contributed by atoms with E-state index in [-0.39, 0.29) is 0 Å². The van der Waals surface area contributed by atoms with Crippen molar-refractivity contribution in [1.82, 2.24) is 10.6 Å². The number of nitrogens with zero attached hydrogens (tertiary/aromatic N) is 1. The van der Waals surface area contributed by atoms with Gasteiger partial charge in [-0.15, -0.1) is 0 Å². The second kappa shape index (κ2) is 10.1. The Balaban J connectivity index is 2.78. The summed E-state index contributed by atoms with van der Waals surface area (Å²) in [6, 6.07) is 8.69. The number of benzene rings is 1. The molecule has 0 spiro atoms. The van der Waals surface area contributed by atoms with E-state index in [1.54, 1.807) is 32.9 Å². The average molecular weight is 361 g/mol. The molecular formula is C20H31N3O3. The number of carbonyl (C=O) groups excluding carboxylic acids is 1. The quantitative estimate of drug-likeness (QED) is 0.662. The van der Waals surface area contributed by atoms with Crippen LogP contribution in [0.1, 0.15) is 45.7 Å². The number of amides is 1. The van der Waals surface area contributed by atoms with Crippen molar-refractivity contribution in [2.45, 2.75) is 58.8 Å². The fourth-order valence-corrected chi connectivity index (χ4v) is 2.37. The molecule has 0 fully saturated rings. The van der Waals surface area contributed by atoms with Gasteiger partial charge in [-0.05, 0) is 57.4 Å². The third kappa shape index (κ3) is 8.84. The average Bonchev–Trinajstić information content (AvgIpc) is 2.52. The van der Waals surface area contributed by atoms with Crippen LogP contribution in [-0.2, 0) is 11.2 Å². The molecule has 0 radical (unpaired) electrons. The molecule has 1 amide bonds. The molecule has 0 aliphatic rings. The van der Waals surface area contributed by atoms with Crippen LogP contribution in [0.4, 0.5) is 4.79 Å². The standard InChI is InChI=1S/C20H31N3O3/c1-14(2)12-22-13-18(24)17(23-19(25)26-20(3,4)5)10-15-6-8-16(11-21)9-7-15/h6-9,14,17-18,22,24H,10,12-13H2,1-5H3,(H,23,25)/t17?,18-/m1/s1. The molecule has 6 nitrogen and oxygen atoms in total. The van der Waals surface area contributed by atoms with Crippen molar-refractivity contribution in [3.63, 3.8) is 0 Å². The Morgan fingerprint density at radius 3 is 2.35 bits per heavy atom. The van der Waals surface area contributed by atoms with Gasteiger partial charge in [0.2, 0.25) is 0 Å². The minimum absolute atomic E-state index is 0.370. The van der Waals surface area contributed by atoms with Crippen LogP contribution < -0.4 is 10.6 Å². The first-order valence-electron chi connectivity index (χ1n) is 8.98. The Bertz CT molecular complexity index is 600. The molecule has 1 aromatic carbocycles. The summed E-state index contributed by atoms with van der Waals surface area (Å²) in [5.41, 5.74) is 0.890. The number of alkyl carbamates (subject to hydrolysis) is 1. The van der Waals surface area contributed by atoms with E-state index in [1.165, 1.54) is 0 Å². The Hall–Kier alpha value is -2.10. The number of ether oxygens (including phenoxy) is 1. The minimum Gasteiger partial charge on any atom is -0.444 e. The van der Waals surface area contributed by atoms with Gasteiger partial charge in [0, 0.05) is 6.54 Å². The first-order chi connectivity index (χ1) is 12.1. The molecule has 0 heterocycles. The molecule has 0 aliphatic carbocycles. The smallest absolute Gasteiger partial charge is 0.407 e. The van der Waals surface area contributed by atoms with E-state index < -0.39 is 23.8 Å². The van der Waals surface area contributed by atoms with E-state index in [1.807, 2.05) is 12.1 Å². The zero-order valence-corrected chi connectivity index (χ0v) is 16.4. The summed E-state index contributed by atoms with van der Waals surface area (Å²) in [5.74, 6) is 0.470. The Morgan fingerprint density at radius 2 is 1.85 bits per heavy atom. The van der Waals surface area contributed by atoms with Crippen molar-refractivity contribution in [3.05, 3.63) is 35.4 Å². The van der Waals surface area contributed by atoms with Gasteiger partial charge >= 0.3 is 6.09 Å². The van der Waals surface area contributed by atoms with Crippen molar-refractivity contribution < 1.29 is 14.6 Å². The summed E-state index contributed by atoms with van der Waals surface area (Å²) in [6.45, 7) is 10.7. The number of rotatable bonds is 8. The number of nitriles is 1. The zero-order valence-electron chi connectivity index (χ0n) is 16.4. The predicted molar refractivity (Wildman–Crippen MR) is 102 cm³/mol. The SMILES string of the molecule is CC(C)CNC[C@@H](O)C(Cc1ccc(C#N)cc1)NC(=O)OC(C)(C)C. The molecular weight excluding hydrogens is 330 g/mol. The molecule has 2 atom stereocenters. The second-order valence-corrected chi connectivity index (χ2v) is 7.89. The van der Waals surface area contributed by atoms with Crippen LogP contribution in [0.25, 0.3) is 0 Å². The minimum atomic E-state index is -0.767. The summed E-state index contributed by atoms with van der Waals surface area (Å²) < 4.78 is 5.31. The van der Waals surface area contributed by atoms with Gasteiger partial charge < -0.3 is 20.5 Å². The zero-order chi connectivity index (χ0) is 19.7. The highest BCUT2D eigenvalue weighted by molar-refractivity contribution is 5.68. The van der Waals surface area contributed by atoms with E-state index in [0.29, 0.717) is 24.4 Å². The monoisotopic (exact) mass is 361 g/mol. The second-order valence-electron chi connectivity index (χ2n) is 7.89. The van der Waals surface area contributed by atoms with Crippen molar-refractivity contribution in [1.29, 1.82) is 5.26 Å². The molecule has 1 aromatic rings. The number of nitrogens with one attached hydrogen (secondary N) is 2. The summed E-state index contributed by atoms with van der Waals surface area (Å²) in [7, 11) is 0. The number of aliphatic hydroxyl groups excluding tert-OH is 1. The molecule has 0 aliphatic heterocycles. The molecule has 0 saturated heterocycles. The van der Waals surface area contributed by atoms with Crippen LogP contribution in [0.3, 0.4) is 0 Å². The van der Waals surface area contributed by atoms with Gasteiger partial charge in [0.05, 0.1) is 23.8 Å². The first-order valence-corrected chi connectivity index (χ1v) is 8.98. The molecule has 144 valence electrons. The molecule has 26 heavy (non-hydrogen) atoms. The maximum atomic E-state index is 12.1. The molecule has 0 saturated carbocycles. The predicted octanol–water partition coefficient (Wildman–Crippen LogP) is 2.60. The first kappa shape index (κ1) is 21.9. The highest BCUT2D eigenvalue weighted by Gasteiger charge is 2.25. The van der Waals surface area contributed by atoms with E-state index >= 15 is 0 Å². The molecule has 0 aromatic heterocycles. The number of hydrogen-bond acceptors (Lipinski definition) is 5. The van der Waals surface area contributed by atoms with E-state index in [4.69, 9.17) is 10.00 Å². The Labute approximate surface area is 156 Å². The van der Waals surface area contributed by atoms with E-state index in [0.717, 1.165) is 12.1 Å². The topological polar surface area (TPSA) is 94.4 Å². The highest BCUT2D eigenvalue weighted by atomic mass is 16.6. The summed E-state index contributed by atoms with van der Waals surface area (Å²) in [4.78, 5) is 12.1. The summed E-state index contributed by atoms with van der Waals surface area (Å²) in [6.07, 6.45) is -0.883. The van der Waals surface area contributed by atoms with Gasteiger partial charge in [0.1, 0.15) is 5.60 Å².